The van der Waals surface area contributed by atoms with Gasteiger partial charge in [-0.2, -0.15) is 16.4 Å². The average molecular weight is 484 g/mol. The van der Waals surface area contributed by atoms with Crippen molar-refractivity contribution in [2.75, 3.05) is 32.4 Å². The van der Waals surface area contributed by atoms with Gasteiger partial charge in [0.1, 0.15) is 18.1 Å². The van der Waals surface area contributed by atoms with E-state index in [1.807, 2.05) is 48.7 Å². The standard InChI is InChI=1S/C26H33N3O4S/c1-17-15-33-22-13-23(31-6)20(21-8-7-10-32-21)12-18(22)14-29(19-9-11-34-16-19)27-24(17)25(30)28(5)26(2,3)4/h9,11-13,16,21H,1,7-8,10,14-15H2,2-6H3. The van der Waals surface area contributed by atoms with Crippen molar-refractivity contribution in [1.82, 2.24) is 4.90 Å². The lowest BCUT2D eigenvalue weighted by atomic mass is 10.0. The van der Waals surface area contributed by atoms with Crippen molar-refractivity contribution in [3.63, 3.8) is 0 Å². The Bertz CT molecular complexity index is 1080. The zero-order chi connectivity index (χ0) is 24.5. The number of hydrazone groups is 1. The minimum atomic E-state index is -0.362. The second-order valence-electron chi connectivity index (χ2n) is 9.62. The Hall–Kier alpha value is -2.84. The number of anilines is 1. The molecule has 0 bridgehead atoms. The smallest absolute Gasteiger partial charge is 0.274 e. The van der Waals surface area contributed by atoms with Crippen molar-refractivity contribution in [3.8, 4) is 11.5 Å². The molecule has 0 aliphatic carbocycles. The third-order valence-corrected chi connectivity index (χ3v) is 6.96. The van der Waals surface area contributed by atoms with Gasteiger partial charge in [0, 0.05) is 47.3 Å². The molecule has 2 aromatic rings. The minimum absolute atomic E-state index is 0.00137. The molecule has 0 spiro atoms. The summed E-state index contributed by atoms with van der Waals surface area (Å²) in [5, 5.41) is 10.7. The number of benzene rings is 1. The molecule has 0 radical (unpaired) electrons. The second kappa shape index (κ2) is 9.80. The van der Waals surface area contributed by atoms with Gasteiger partial charge < -0.3 is 19.1 Å². The number of hydrogen-bond donors (Lipinski definition) is 0. The molecule has 182 valence electrons. The number of rotatable bonds is 4. The van der Waals surface area contributed by atoms with Crippen LogP contribution in [0.3, 0.4) is 0 Å². The first kappa shape index (κ1) is 24.3. The molecule has 0 N–H and O–H groups in total. The van der Waals surface area contributed by atoms with E-state index in [9.17, 15) is 4.79 Å². The van der Waals surface area contributed by atoms with E-state index in [0.29, 0.717) is 23.6 Å². The van der Waals surface area contributed by atoms with E-state index in [0.717, 1.165) is 42.0 Å². The highest BCUT2D eigenvalue weighted by Crippen LogP contribution is 2.40. The number of fused-ring (bicyclic) bond motifs is 1. The van der Waals surface area contributed by atoms with Crippen molar-refractivity contribution in [3.05, 3.63) is 52.2 Å². The minimum Gasteiger partial charge on any atom is -0.496 e. The average Bonchev–Trinajstić information content (AvgIpc) is 3.53. The van der Waals surface area contributed by atoms with Gasteiger partial charge in [-0.3, -0.25) is 9.80 Å². The highest BCUT2D eigenvalue weighted by atomic mass is 32.1. The molecule has 0 saturated carbocycles. The molecule has 1 fully saturated rings. The first-order chi connectivity index (χ1) is 16.2. The maximum atomic E-state index is 13.5. The van der Waals surface area contributed by atoms with E-state index in [2.05, 4.69) is 12.6 Å². The molecule has 1 atom stereocenters. The zero-order valence-corrected chi connectivity index (χ0v) is 21.4. The molecule has 3 heterocycles. The Balaban J connectivity index is 1.79. The fourth-order valence-electron chi connectivity index (χ4n) is 3.97. The van der Waals surface area contributed by atoms with Crippen LogP contribution in [0.2, 0.25) is 0 Å². The fourth-order valence-corrected chi connectivity index (χ4v) is 4.60. The Morgan fingerprint density at radius 1 is 1.35 bits per heavy atom. The highest BCUT2D eigenvalue weighted by Gasteiger charge is 2.30. The lowest BCUT2D eigenvalue weighted by Crippen LogP contribution is -2.47. The monoisotopic (exact) mass is 483 g/mol. The molecule has 1 aromatic carbocycles. The predicted octanol–water partition coefficient (Wildman–Crippen LogP) is 5.18. The maximum Gasteiger partial charge on any atom is 0.274 e. The molecule has 1 unspecified atom stereocenters. The number of ether oxygens (including phenoxy) is 3. The largest absolute Gasteiger partial charge is 0.496 e. The first-order valence-electron chi connectivity index (χ1n) is 11.5. The van der Waals surface area contributed by atoms with E-state index in [1.54, 1.807) is 30.4 Å². The van der Waals surface area contributed by atoms with E-state index in [1.165, 1.54) is 0 Å². The Kier molecular flexibility index (Phi) is 7.00. The van der Waals surface area contributed by atoms with Gasteiger partial charge >= 0.3 is 0 Å². The topological polar surface area (TPSA) is 63.6 Å². The number of hydrogen-bond acceptors (Lipinski definition) is 7. The van der Waals surface area contributed by atoms with E-state index < -0.39 is 0 Å². The number of carbonyl (C=O) groups is 1. The van der Waals surface area contributed by atoms with Crippen LogP contribution < -0.4 is 14.5 Å². The van der Waals surface area contributed by atoms with E-state index in [-0.39, 0.29) is 24.2 Å². The third kappa shape index (κ3) is 4.98. The summed E-state index contributed by atoms with van der Waals surface area (Å²) in [4.78, 5) is 15.2. The van der Waals surface area contributed by atoms with Crippen molar-refractivity contribution >= 4 is 28.6 Å². The van der Waals surface area contributed by atoms with Crippen LogP contribution in [-0.2, 0) is 16.1 Å². The highest BCUT2D eigenvalue weighted by molar-refractivity contribution is 7.08. The van der Waals surface area contributed by atoms with Crippen molar-refractivity contribution in [2.24, 2.45) is 5.10 Å². The molecule has 7 nitrogen and oxygen atoms in total. The van der Waals surface area contributed by atoms with Crippen LogP contribution in [0.4, 0.5) is 5.69 Å². The summed E-state index contributed by atoms with van der Waals surface area (Å²) in [7, 11) is 3.45. The van der Waals surface area contributed by atoms with Crippen LogP contribution in [0.25, 0.3) is 0 Å². The molecule has 2 aliphatic heterocycles. The van der Waals surface area contributed by atoms with Gasteiger partial charge in [-0.25, -0.2) is 0 Å². The second-order valence-corrected chi connectivity index (χ2v) is 10.4. The number of amides is 1. The van der Waals surface area contributed by atoms with Crippen molar-refractivity contribution in [2.45, 2.75) is 51.8 Å². The normalized spacial score (nSPS) is 18.9. The summed E-state index contributed by atoms with van der Waals surface area (Å²) in [6.45, 7) is 11.5. The lowest BCUT2D eigenvalue weighted by Gasteiger charge is -2.32. The number of methoxy groups -OCH3 is 1. The van der Waals surface area contributed by atoms with Crippen LogP contribution in [-0.4, -0.2) is 49.4 Å². The Morgan fingerprint density at radius 2 is 2.15 bits per heavy atom. The molecular formula is C26H33N3O4S. The molecule has 4 rings (SSSR count). The lowest BCUT2D eigenvalue weighted by molar-refractivity contribution is -0.126. The molecule has 2 aliphatic rings. The summed E-state index contributed by atoms with van der Waals surface area (Å²) in [5.41, 5.74) is 3.33. The van der Waals surface area contributed by atoms with E-state index in [4.69, 9.17) is 19.3 Å². The van der Waals surface area contributed by atoms with Gasteiger partial charge in [0.25, 0.3) is 5.91 Å². The van der Waals surface area contributed by atoms with Crippen LogP contribution in [0.5, 0.6) is 11.5 Å². The summed E-state index contributed by atoms with van der Waals surface area (Å²) < 4.78 is 17.8. The van der Waals surface area contributed by atoms with Crippen LogP contribution in [0, 0.1) is 0 Å². The van der Waals surface area contributed by atoms with Crippen LogP contribution in [0.1, 0.15) is 50.8 Å². The fraction of sp³-hybridized carbons (Fsp3) is 0.462. The van der Waals surface area contributed by atoms with Gasteiger partial charge in [0.05, 0.1) is 25.4 Å². The molecule has 34 heavy (non-hydrogen) atoms. The van der Waals surface area contributed by atoms with Crippen molar-refractivity contribution < 1.29 is 19.0 Å². The summed E-state index contributed by atoms with van der Waals surface area (Å²) in [5.74, 6) is 1.24. The third-order valence-electron chi connectivity index (χ3n) is 6.28. The van der Waals surface area contributed by atoms with Gasteiger partial charge in [0.15, 0.2) is 5.71 Å². The van der Waals surface area contributed by atoms with Crippen LogP contribution >= 0.6 is 11.3 Å². The van der Waals surface area contributed by atoms with Gasteiger partial charge in [-0.05, 0) is 51.1 Å². The quantitative estimate of drug-likeness (QED) is 0.600. The van der Waals surface area contributed by atoms with E-state index >= 15 is 0 Å². The first-order valence-corrected chi connectivity index (χ1v) is 12.4. The SMILES string of the molecule is C=C1COc2cc(OC)c(C3CCCO3)cc2CN(c2ccsc2)N=C1C(=O)N(C)C(C)(C)C. The summed E-state index contributed by atoms with van der Waals surface area (Å²) >= 11 is 1.58. The molecule has 8 heteroatoms. The van der Waals surface area contributed by atoms with Crippen molar-refractivity contribution in [1.29, 1.82) is 0 Å². The van der Waals surface area contributed by atoms with Gasteiger partial charge in [-0.1, -0.05) is 6.58 Å². The predicted molar refractivity (Wildman–Crippen MR) is 136 cm³/mol. The van der Waals surface area contributed by atoms with Gasteiger partial charge in [-0.15, -0.1) is 0 Å². The molecule has 1 aromatic heterocycles. The summed E-state index contributed by atoms with van der Waals surface area (Å²) in [6.07, 6.45) is 1.98. The molecule has 1 saturated heterocycles. The van der Waals surface area contributed by atoms with Gasteiger partial charge in [0.2, 0.25) is 0 Å². The number of carbonyl (C=O) groups excluding carboxylic acids is 1. The Labute approximate surface area is 205 Å². The number of thiophene rings is 1. The number of nitrogens with zero attached hydrogens (tertiary/aromatic N) is 3. The Morgan fingerprint density at radius 3 is 2.76 bits per heavy atom. The van der Waals surface area contributed by atoms with Crippen LogP contribution in [0.15, 0.2) is 46.2 Å². The zero-order valence-electron chi connectivity index (χ0n) is 20.6. The molecule has 1 amide bonds. The molecular weight excluding hydrogens is 450 g/mol. The summed E-state index contributed by atoms with van der Waals surface area (Å²) in [6, 6.07) is 6.00. The maximum absolute atomic E-state index is 13.5.